The van der Waals surface area contributed by atoms with Crippen LogP contribution in [0.15, 0.2) is 18.2 Å². The molecule has 0 aliphatic carbocycles. The number of carbonyl (C=O) groups is 2. The highest BCUT2D eigenvalue weighted by molar-refractivity contribution is 6.33. The van der Waals surface area contributed by atoms with Gasteiger partial charge in [0, 0.05) is 12.5 Å². The van der Waals surface area contributed by atoms with Crippen LogP contribution >= 0.6 is 0 Å². The molecule has 5 nitrogen and oxygen atoms in total. The van der Waals surface area contributed by atoms with Gasteiger partial charge in [-0.05, 0) is 24.5 Å². The van der Waals surface area contributed by atoms with Gasteiger partial charge in [-0.3, -0.25) is 4.79 Å². The summed E-state index contributed by atoms with van der Waals surface area (Å²) in [5.74, 6) is -0.153. The van der Waals surface area contributed by atoms with Crippen molar-refractivity contribution in [1.29, 1.82) is 0 Å². The van der Waals surface area contributed by atoms with Crippen molar-refractivity contribution in [1.82, 2.24) is 0 Å². The van der Waals surface area contributed by atoms with E-state index in [0.29, 0.717) is 11.5 Å². The molecule has 1 atom stereocenters. The van der Waals surface area contributed by atoms with Crippen molar-refractivity contribution in [3.63, 3.8) is 0 Å². The molecule has 0 aromatic heterocycles. The fraction of sp³-hybridized carbons (Fsp3) is 0.467. The third kappa shape index (κ3) is 3.98. The lowest BCUT2D eigenvalue weighted by molar-refractivity contribution is -0.153. The molecule has 0 amide bonds. The minimum atomic E-state index is -0.785. The highest BCUT2D eigenvalue weighted by atomic mass is 16.5. The Hall–Kier alpha value is -2.04. The number of ketones is 1. The van der Waals surface area contributed by atoms with Crippen molar-refractivity contribution < 1.29 is 23.8 Å². The molecule has 0 spiro atoms. The molecule has 20 heavy (non-hydrogen) atoms. The number of ether oxygens (including phenoxy) is 3. The molecule has 0 saturated carbocycles. The van der Waals surface area contributed by atoms with Crippen LogP contribution < -0.4 is 9.47 Å². The summed E-state index contributed by atoms with van der Waals surface area (Å²) in [7, 11) is 3.13. The summed E-state index contributed by atoms with van der Waals surface area (Å²) in [5, 5.41) is 0. The lowest BCUT2D eigenvalue weighted by atomic mass is 9.94. The van der Waals surface area contributed by atoms with E-state index in [0.717, 1.165) is 5.56 Å². The molecule has 1 rings (SSSR count). The second-order valence-electron chi connectivity index (χ2n) is 4.36. The van der Waals surface area contributed by atoms with Gasteiger partial charge in [0.25, 0.3) is 0 Å². The van der Waals surface area contributed by atoms with Crippen LogP contribution in [0.25, 0.3) is 0 Å². The molecule has 1 unspecified atom stereocenters. The average Bonchev–Trinajstić information content (AvgIpc) is 2.46. The van der Waals surface area contributed by atoms with Crippen LogP contribution in [0.3, 0.4) is 0 Å². The number of rotatable bonds is 7. The maximum atomic E-state index is 11.7. The first-order valence-corrected chi connectivity index (χ1v) is 6.45. The predicted molar refractivity (Wildman–Crippen MR) is 74.2 cm³/mol. The summed E-state index contributed by atoms with van der Waals surface area (Å²) in [6.07, 6.45) is 0.0848. The zero-order valence-corrected chi connectivity index (χ0v) is 12.3. The normalized spacial score (nSPS) is 11.6. The minimum absolute atomic E-state index is 0.0848. The van der Waals surface area contributed by atoms with Crippen molar-refractivity contribution in [2.45, 2.75) is 26.2 Å². The van der Waals surface area contributed by atoms with E-state index in [4.69, 9.17) is 14.2 Å². The monoisotopic (exact) mass is 280 g/mol. The quantitative estimate of drug-likeness (QED) is 0.566. The van der Waals surface area contributed by atoms with Crippen LogP contribution in [0.4, 0.5) is 0 Å². The highest BCUT2D eigenvalue weighted by Crippen LogP contribution is 2.32. The molecule has 1 aromatic rings. The van der Waals surface area contributed by atoms with Crippen LogP contribution in [-0.4, -0.2) is 32.6 Å². The standard InChI is InChI=1S/C15H20O5/c1-5-20-15(17)13(16)8-10(2)12-7-6-11(18-3)9-14(12)19-4/h6-7,9-10H,5,8H2,1-4H3. The molecule has 0 radical (unpaired) electrons. The van der Waals surface area contributed by atoms with Gasteiger partial charge in [0.2, 0.25) is 5.78 Å². The Morgan fingerprint density at radius 3 is 2.45 bits per heavy atom. The summed E-state index contributed by atoms with van der Waals surface area (Å²) in [5.41, 5.74) is 0.853. The number of hydrogen-bond donors (Lipinski definition) is 0. The number of hydrogen-bond acceptors (Lipinski definition) is 5. The lowest BCUT2D eigenvalue weighted by Gasteiger charge is -2.15. The van der Waals surface area contributed by atoms with Crippen LogP contribution in [0.5, 0.6) is 11.5 Å². The van der Waals surface area contributed by atoms with E-state index < -0.39 is 11.8 Å². The van der Waals surface area contributed by atoms with E-state index in [1.807, 2.05) is 13.0 Å². The van der Waals surface area contributed by atoms with Gasteiger partial charge in [-0.2, -0.15) is 0 Å². The Bertz CT molecular complexity index is 481. The highest BCUT2D eigenvalue weighted by Gasteiger charge is 2.21. The van der Waals surface area contributed by atoms with E-state index in [1.165, 1.54) is 0 Å². The van der Waals surface area contributed by atoms with Crippen molar-refractivity contribution >= 4 is 11.8 Å². The Labute approximate surface area is 118 Å². The zero-order chi connectivity index (χ0) is 15.1. The number of methoxy groups -OCH3 is 2. The first kappa shape index (κ1) is 16.0. The molecule has 0 heterocycles. The zero-order valence-electron chi connectivity index (χ0n) is 12.3. The van der Waals surface area contributed by atoms with Gasteiger partial charge in [0.05, 0.1) is 20.8 Å². The average molecular weight is 280 g/mol. The molecular formula is C15H20O5. The van der Waals surface area contributed by atoms with Crippen LogP contribution in [0.1, 0.15) is 31.7 Å². The smallest absolute Gasteiger partial charge is 0.374 e. The third-order valence-corrected chi connectivity index (χ3v) is 2.97. The molecule has 0 saturated heterocycles. The van der Waals surface area contributed by atoms with Crippen molar-refractivity contribution in [2.24, 2.45) is 0 Å². The Balaban J connectivity index is 2.84. The Kier molecular flexibility index (Phi) is 6.03. The second-order valence-corrected chi connectivity index (χ2v) is 4.36. The lowest BCUT2D eigenvalue weighted by Crippen LogP contribution is -2.19. The molecule has 110 valence electrons. The van der Waals surface area contributed by atoms with Gasteiger partial charge < -0.3 is 14.2 Å². The van der Waals surface area contributed by atoms with Crippen molar-refractivity contribution in [3.8, 4) is 11.5 Å². The summed E-state index contributed by atoms with van der Waals surface area (Å²) in [4.78, 5) is 23.0. The van der Waals surface area contributed by atoms with E-state index in [-0.39, 0.29) is 18.9 Å². The fourth-order valence-electron chi connectivity index (χ4n) is 1.91. The SMILES string of the molecule is CCOC(=O)C(=O)CC(C)c1ccc(OC)cc1OC. The van der Waals surface area contributed by atoms with Gasteiger partial charge in [-0.15, -0.1) is 0 Å². The van der Waals surface area contributed by atoms with Gasteiger partial charge in [-0.1, -0.05) is 13.0 Å². The maximum Gasteiger partial charge on any atom is 0.374 e. The number of benzene rings is 1. The molecular weight excluding hydrogens is 260 g/mol. The first-order valence-electron chi connectivity index (χ1n) is 6.45. The summed E-state index contributed by atoms with van der Waals surface area (Å²) < 4.78 is 15.1. The predicted octanol–water partition coefficient (Wildman–Crippen LogP) is 2.33. The Morgan fingerprint density at radius 1 is 1.20 bits per heavy atom. The summed E-state index contributed by atoms with van der Waals surface area (Å²) >= 11 is 0. The van der Waals surface area contributed by atoms with Crippen molar-refractivity contribution in [3.05, 3.63) is 23.8 Å². The van der Waals surface area contributed by atoms with E-state index in [2.05, 4.69) is 0 Å². The van der Waals surface area contributed by atoms with E-state index in [9.17, 15) is 9.59 Å². The third-order valence-electron chi connectivity index (χ3n) is 2.97. The largest absolute Gasteiger partial charge is 0.497 e. The first-order chi connectivity index (χ1) is 9.53. The molecule has 0 N–H and O–H groups in total. The van der Waals surface area contributed by atoms with E-state index >= 15 is 0 Å². The molecule has 0 fully saturated rings. The van der Waals surface area contributed by atoms with Gasteiger partial charge in [0.15, 0.2) is 0 Å². The van der Waals surface area contributed by atoms with Crippen molar-refractivity contribution in [2.75, 3.05) is 20.8 Å². The molecule has 5 heteroatoms. The minimum Gasteiger partial charge on any atom is -0.497 e. The molecule has 0 aliphatic heterocycles. The van der Waals surface area contributed by atoms with Gasteiger partial charge in [-0.25, -0.2) is 4.79 Å². The number of Topliss-reactive ketones (excluding diaryl/α,β-unsaturated/α-hetero) is 1. The van der Waals surface area contributed by atoms with Crippen LogP contribution in [0.2, 0.25) is 0 Å². The molecule has 0 aliphatic rings. The fourth-order valence-corrected chi connectivity index (χ4v) is 1.91. The maximum absolute atomic E-state index is 11.7. The number of esters is 1. The molecule has 1 aromatic carbocycles. The summed E-state index contributed by atoms with van der Waals surface area (Å²) in [6.45, 7) is 3.73. The number of carbonyl (C=O) groups excluding carboxylic acids is 2. The van der Waals surface area contributed by atoms with E-state index in [1.54, 1.807) is 33.3 Å². The molecule has 0 bridgehead atoms. The van der Waals surface area contributed by atoms with Crippen LogP contribution in [0, 0.1) is 0 Å². The Morgan fingerprint density at radius 2 is 1.90 bits per heavy atom. The van der Waals surface area contributed by atoms with Gasteiger partial charge in [0.1, 0.15) is 11.5 Å². The van der Waals surface area contributed by atoms with Gasteiger partial charge >= 0.3 is 5.97 Å². The second kappa shape index (κ2) is 7.53. The van der Waals surface area contributed by atoms with Crippen LogP contribution in [-0.2, 0) is 14.3 Å². The topological polar surface area (TPSA) is 61.8 Å². The summed E-state index contributed by atoms with van der Waals surface area (Å²) in [6, 6.07) is 5.38.